The van der Waals surface area contributed by atoms with Gasteiger partial charge in [0.15, 0.2) is 0 Å². The number of piperidine rings is 2. The van der Waals surface area contributed by atoms with E-state index in [9.17, 15) is 0 Å². The Hall–Kier alpha value is -0.160. The number of nitrogens with two attached hydrogens (primary N) is 1. The number of likely N-dealkylation sites (tertiary alicyclic amines) is 1. The highest BCUT2D eigenvalue weighted by atomic mass is 15.5. The van der Waals surface area contributed by atoms with Gasteiger partial charge in [0, 0.05) is 37.8 Å². The van der Waals surface area contributed by atoms with Crippen molar-refractivity contribution in [3.63, 3.8) is 0 Å². The zero-order chi connectivity index (χ0) is 12.6. The predicted molar refractivity (Wildman–Crippen MR) is 74.1 cm³/mol. The Morgan fingerprint density at radius 3 is 2.50 bits per heavy atom. The third-order valence-corrected chi connectivity index (χ3v) is 5.32. The minimum Gasteiger partial charge on any atom is -0.328 e. The van der Waals surface area contributed by atoms with Crippen molar-refractivity contribution < 1.29 is 0 Å². The number of nitrogens with zero attached hydrogens (tertiary/aromatic N) is 2. The first-order valence-corrected chi connectivity index (χ1v) is 7.65. The Labute approximate surface area is 111 Å². The first-order valence-electron chi connectivity index (χ1n) is 7.65. The van der Waals surface area contributed by atoms with Crippen molar-refractivity contribution in [1.82, 2.24) is 15.3 Å². The molecule has 1 atom stereocenters. The van der Waals surface area contributed by atoms with Crippen LogP contribution in [0.2, 0.25) is 0 Å². The molecule has 18 heavy (non-hydrogen) atoms. The molecule has 3 N–H and O–H groups in total. The lowest BCUT2D eigenvalue weighted by atomic mass is 9.91. The average molecular weight is 252 g/mol. The molecule has 3 aliphatic rings. The van der Waals surface area contributed by atoms with E-state index in [1.165, 1.54) is 64.7 Å². The van der Waals surface area contributed by atoms with E-state index in [0.29, 0.717) is 11.6 Å². The lowest BCUT2D eigenvalue weighted by Gasteiger charge is -2.42. The molecular formula is C14H28N4. The zero-order valence-corrected chi connectivity index (χ0v) is 11.7. The molecule has 3 fully saturated rings. The topological polar surface area (TPSA) is 44.5 Å². The molecule has 0 radical (unpaired) electrons. The molecule has 3 rings (SSSR count). The van der Waals surface area contributed by atoms with E-state index >= 15 is 0 Å². The molecule has 1 aliphatic carbocycles. The molecule has 0 aromatic rings. The summed E-state index contributed by atoms with van der Waals surface area (Å²) >= 11 is 0. The zero-order valence-electron chi connectivity index (χ0n) is 11.7. The smallest absolute Gasteiger partial charge is 0.0225 e. The molecule has 0 amide bonds. The molecule has 4 heteroatoms. The summed E-state index contributed by atoms with van der Waals surface area (Å²) in [7, 11) is 2.03. The van der Waals surface area contributed by atoms with Gasteiger partial charge in [0.2, 0.25) is 0 Å². The lowest BCUT2D eigenvalue weighted by molar-refractivity contribution is 0.0651. The van der Waals surface area contributed by atoms with Crippen LogP contribution in [0, 0.1) is 5.92 Å². The van der Waals surface area contributed by atoms with Gasteiger partial charge < -0.3 is 5.73 Å². The van der Waals surface area contributed by atoms with E-state index in [4.69, 9.17) is 5.73 Å². The number of hydrogen-bond acceptors (Lipinski definition) is 4. The molecule has 1 unspecified atom stereocenters. The van der Waals surface area contributed by atoms with Gasteiger partial charge in [-0.1, -0.05) is 0 Å². The van der Waals surface area contributed by atoms with Crippen LogP contribution in [0.25, 0.3) is 0 Å². The fraction of sp³-hybridized carbons (Fsp3) is 1.00. The standard InChI is InChI=1S/C14H28N4/c1-16-18-8-2-12(3-9-18)11-17-7-4-13(15)10-14(17)5-6-14/h12-13,16H,2-11,15H2,1H3. The van der Waals surface area contributed by atoms with Crippen LogP contribution in [0.1, 0.15) is 38.5 Å². The van der Waals surface area contributed by atoms with Gasteiger partial charge in [-0.3, -0.25) is 10.3 Å². The lowest BCUT2D eigenvalue weighted by Crippen LogP contribution is -2.51. The molecule has 2 heterocycles. The number of hydrazine groups is 1. The molecule has 2 aliphatic heterocycles. The summed E-state index contributed by atoms with van der Waals surface area (Å²) in [6.07, 6.45) is 7.95. The maximum Gasteiger partial charge on any atom is 0.0225 e. The summed E-state index contributed by atoms with van der Waals surface area (Å²) in [6.45, 7) is 4.99. The molecular weight excluding hydrogens is 224 g/mol. The van der Waals surface area contributed by atoms with Crippen LogP contribution in [-0.4, -0.2) is 54.7 Å². The second-order valence-electron chi connectivity index (χ2n) is 6.58. The second-order valence-corrected chi connectivity index (χ2v) is 6.58. The van der Waals surface area contributed by atoms with Crippen molar-refractivity contribution >= 4 is 0 Å². The van der Waals surface area contributed by atoms with Gasteiger partial charge >= 0.3 is 0 Å². The summed E-state index contributed by atoms with van der Waals surface area (Å²) in [4.78, 5) is 2.79. The highest BCUT2D eigenvalue weighted by Crippen LogP contribution is 2.48. The van der Waals surface area contributed by atoms with Crippen LogP contribution >= 0.6 is 0 Å². The number of nitrogens with one attached hydrogen (secondary N) is 1. The van der Waals surface area contributed by atoms with Crippen molar-refractivity contribution in [1.29, 1.82) is 0 Å². The second kappa shape index (κ2) is 5.08. The highest BCUT2D eigenvalue weighted by Gasteiger charge is 2.50. The van der Waals surface area contributed by atoms with Gasteiger partial charge in [0.25, 0.3) is 0 Å². The predicted octanol–water partition coefficient (Wildman–Crippen LogP) is 0.789. The fourth-order valence-electron chi connectivity index (χ4n) is 3.88. The molecule has 1 saturated carbocycles. The van der Waals surface area contributed by atoms with Crippen LogP contribution in [-0.2, 0) is 0 Å². The van der Waals surface area contributed by atoms with Gasteiger partial charge in [-0.05, 0) is 51.5 Å². The number of rotatable bonds is 3. The summed E-state index contributed by atoms with van der Waals surface area (Å²) in [5.41, 5.74) is 9.95. The maximum absolute atomic E-state index is 6.14. The van der Waals surface area contributed by atoms with E-state index in [0.717, 1.165) is 5.92 Å². The molecule has 0 aromatic heterocycles. The van der Waals surface area contributed by atoms with Crippen LogP contribution in [0.15, 0.2) is 0 Å². The van der Waals surface area contributed by atoms with Crippen molar-refractivity contribution in [2.75, 3.05) is 33.2 Å². The molecule has 1 spiro atoms. The van der Waals surface area contributed by atoms with Crippen molar-refractivity contribution in [3.05, 3.63) is 0 Å². The normalized spacial score (nSPS) is 34.0. The third-order valence-electron chi connectivity index (χ3n) is 5.32. The van der Waals surface area contributed by atoms with Gasteiger partial charge in [0.1, 0.15) is 0 Å². The summed E-state index contributed by atoms with van der Waals surface area (Å²) in [6, 6.07) is 0.467. The summed E-state index contributed by atoms with van der Waals surface area (Å²) in [5, 5.41) is 2.34. The largest absolute Gasteiger partial charge is 0.328 e. The van der Waals surface area contributed by atoms with Crippen molar-refractivity contribution in [2.24, 2.45) is 11.7 Å². The Morgan fingerprint density at radius 1 is 1.17 bits per heavy atom. The molecule has 0 bridgehead atoms. The van der Waals surface area contributed by atoms with Crippen LogP contribution < -0.4 is 11.2 Å². The minimum atomic E-state index is 0.467. The molecule has 4 nitrogen and oxygen atoms in total. The summed E-state index contributed by atoms with van der Waals surface area (Å²) < 4.78 is 0. The Morgan fingerprint density at radius 2 is 1.89 bits per heavy atom. The molecule has 2 saturated heterocycles. The van der Waals surface area contributed by atoms with E-state index in [-0.39, 0.29) is 0 Å². The van der Waals surface area contributed by atoms with Gasteiger partial charge in [-0.25, -0.2) is 5.01 Å². The maximum atomic E-state index is 6.14. The Kier molecular flexibility index (Phi) is 3.63. The average Bonchev–Trinajstić information content (AvgIpc) is 3.14. The van der Waals surface area contributed by atoms with E-state index in [1.54, 1.807) is 0 Å². The van der Waals surface area contributed by atoms with Gasteiger partial charge in [-0.15, -0.1) is 0 Å². The van der Waals surface area contributed by atoms with Crippen molar-refractivity contribution in [2.45, 2.75) is 50.1 Å². The summed E-state index contributed by atoms with van der Waals surface area (Å²) in [5.74, 6) is 0.904. The van der Waals surface area contributed by atoms with Crippen LogP contribution in [0.4, 0.5) is 0 Å². The van der Waals surface area contributed by atoms with Gasteiger partial charge in [0.05, 0.1) is 0 Å². The monoisotopic (exact) mass is 252 g/mol. The first-order chi connectivity index (χ1) is 8.72. The van der Waals surface area contributed by atoms with E-state index in [1.807, 2.05) is 7.05 Å². The van der Waals surface area contributed by atoms with Crippen molar-refractivity contribution in [3.8, 4) is 0 Å². The molecule has 0 aromatic carbocycles. The first kappa shape index (κ1) is 12.9. The quantitative estimate of drug-likeness (QED) is 0.779. The fourth-order valence-corrected chi connectivity index (χ4v) is 3.88. The third kappa shape index (κ3) is 2.57. The SMILES string of the molecule is CNN1CCC(CN2CCC(N)CC23CC3)CC1. The Bertz CT molecular complexity index is 282. The number of hydrogen-bond donors (Lipinski definition) is 2. The highest BCUT2D eigenvalue weighted by molar-refractivity contribution is 5.08. The van der Waals surface area contributed by atoms with E-state index in [2.05, 4.69) is 15.3 Å². The van der Waals surface area contributed by atoms with Crippen LogP contribution in [0.5, 0.6) is 0 Å². The van der Waals surface area contributed by atoms with Crippen LogP contribution in [0.3, 0.4) is 0 Å². The van der Waals surface area contributed by atoms with E-state index < -0.39 is 0 Å². The van der Waals surface area contributed by atoms with Gasteiger partial charge in [-0.2, -0.15) is 0 Å². The molecule has 104 valence electrons. The minimum absolute atomic E-state index is 0.467. The Balaban J connectivity index is 1.51.